The SMILES string of the molecule is CCOc1ccccc1C(C)NC(C)c1ccc(C)cc1. The number of rotatable bonds is 6. The van der Waals surface area contributed by atoms with Gasteiger partial charge in [0.25, 0.3) is 0 Å². The van der Waals surface area contributed by atoms with Crippen LogP contribution in [0.3, 0.4) is 0 Å². The Morgan fingerprint density at radius 2 is 1.62 bits per heavy atom. The summed E-state index contributed by atoms with van der Waals surface area (Å²) in [5.41, 5.74) is 3.81. The minimum Gasteiger partial charge on any atom is -0.494 e. The van der Waals surface area contributed by atoms with Crippen molar-refractivity contribution in [1.82, 2.24) is 5.32 Å². The molecule has 0 bridgehead atoms. The van der Waals surface area contributed by atoms with Gasteiger partial charge in [0.1, 0.15) is 5.75 Å². The highest BCUT2D eigenvalue weighted by atomic mass is 16.5. The van der Waals surface area contributed by atoms with E-state index in [4.69, 9.17) is 4.74 Å². The van der Waals surface area contributed by atoms with Crippen LogP contribution >= 0.6 is 0 Å². The van der Waals surface area contributed by atoms with Crippen molar-refractivity contribution >= 4 is 0 Å². The highest BCUT2D eigenvalue weighted by Gasteiger charge is 2.14. The molecule has 0 saturated heterocycles. The molecule has 2 aromatic carbocycles. The van der Waals surface area contributed by atoms with Crippen LogP contribution in [0.25, 0.3) is 0 Å². The van der Waals surface area contributed by atoms with Crippen LogP contribution in [-0.2, 0) is 0 Å². The number of benzene rings is 2. The van der Waals surface area contributed by atoms with E-state index in [1.165, 1.54) is 16.7 Å². The fourth-order valence-electron chi connectivity index (χ4n) is 2.54. The van der Waals surface area contributed by atoms with Crippen LogP contribution in [0.5, 0.6) is 5.75 Å². The Labute approximate surface area is 128 Å². The van der Waals surface area contributed by atoms with Gasteiger partial charge in [-0.1, -0.05) is 48.0 Å². The van der Waals surface area contributed by atoms with Crippen LogP contribution < -0.4 is 10.1 Å². The Morgan fingerprint density at radius 1 is 0.952 bits per heavy atom. The van der Waals surface area contributed by atoms with Crippen molar-refractivity contribution in [2.45, 2.75) is 39.8 Å². The molecule has 2 aromatic rings. The number of aryl methyl sites for hydroxylation is 1. The molecule has 21 heavy (non-hydrogen) atoms. The topological polar surface area (TPSA) is 21.3 Å². The first kappa shape index (κ1) is 15.6. The molecule has 0 aliphatic rings. The number of hydrogen-bond acceptors (Lipinski definition) is 2. The average Bonchev–Trinajstić information content (AvgIpc) is 2.48. The maximum Gasteiger partial charge on any atom is 0.124 e. The molecule has 0 heterocycles. The lowest BCUT2D eigenvalue weighted by Crippen LogP contribution is -2.23. The summed E-state index contributed by atoms with van der Waals surface area (Å²) in [7, 11) is 0. The fraction of sp³-hybridized carbons (Fsp3) is 0.368. The normalized spacial score (nSPS) is 13.7. The Hall–Kier alpha value is -1.80. The molecule has 1 N–H and O–H groups in total. The summed E-state index contributed by atoms with van der Waals surface area (Å²) in [4.78, 5) is 0. The summed E-state index contributed by atoms with van der Waals surface area (Å²) >= 11 is 0. The monoisotopic (exact) mass is 283 g/mol. The van der Waals surface area contributed by atoms with Crippen LogP contribution in [0.2, 0.25) is 0 Å². The maximum absolute atomic E-state index is 5.72. The molecule has 0 aromatic heterocycles. The van der Waals surface area contributed by atoms with Crippen molar-refractivity contribution in [3.63, 3.8) is 0 Å². The summed E-state index contributed by atoms with van der Waals surface area (Å²) in [6.07, 6.45) is 0. The van der Waals surface area contributed by atoms with Gasteiger partial charge in [0.2, 0.25) is 0 Å². The highest BCUT2D eigenvalue weighted by Crippen LogP contribution is 2.27. The second-order valence-corrected chi connectivity index (χ2v) is 5.49. The Kier molecular flexibility index (Phi) is 5.40. The van der Waals surface area contributed by atoms with E-state index < -0.39 is 0 Å². The molecule has 2 atom stereocenters. The van der Waals surface area contributed by atoms with Crippen LogP contribution in [0.1, 0.15) is 49.5 Å². The van der Waals surface area contributed by atoms with E-state index in [9.17, 15) is 0 Å². The molecule has 0 spiro atoms. The molecule has 2 heteroatoms. The Morgan fingerprint density at radius 3 is 2.29 bits per heavy atom. The van der Waals surface area contributed by atoms with Gasteiger partial charge in [0, 0.05) is 17.6 Å². The van der Waals surface area contributed by atoms with Crippen molar-refractivity contribution in [1.29, 1.82) is 0 Å². The van der Waals surface area contributed by atoms with Crippen molar-refractivity contribution < 1.29 is 4.74 Å². The van der Waals surface area contributed by atoms with Gasteiger partial charge < -0.3 is 10.1 Å². The molecule has 2 rings (SSSR count). The zero-order chi connectivity index (χ0) is 15.2. The third kappa shape index (κ3) is 4.08. The average molecular weight is 283 g/mol. The summed E-state index contributed by atoms with van der Waals surface area (Å²) in [6, 6.07) is 17.5. The van der Waals surface area contributed by atoms with E-state index in [-0.39, 0.29) is 6.04 Å². The standard InChI is InChI=1S/C19H25NO/c1-5-21-19-9-7-6-8-18(19)16(4)20-15(3)17-12-10-14(2)11-13-17/h6-13,15-16,20H,5H2,1-4H3. The van der Waals surface area contributed by atoms with Crippen LogP contribution in [0, 0.1) is 6.92 Å². The van der Waals surface area contributed by atoms with Gasteiger partial charge in [-0.25, -0.2) is 0 Å². The van der Waals surface area contributed by atoms with Crippen LogP contribution in [-0.4, -0.2) is 6.61 Å². The van der Waals surface area contributed by atoms with E-state index >= 15 is 0 Å². The number of ether oxygens (including phenoxy) is 1. The van der Waals surface area contributed by atoms with E-state index in [1.807, 2.05) is 19.1 Å². The lowest BCUT2D eigenvalue weighted by atomic mass is 10.0. The summed E-state index contributed by atoms with van der Waals surface area (Å²) in [6.45, 7) is 9.21. The minimum absolute atomic E-state index is 0.240. The number of hydrogen-bond donors (Lipinski definition) is 1. The third-order valence-corrected chi connectivity index (χ3v) is 3.76. The molecule has 0 amide bonds. The number of para-hydroxylation sites is 1. The van der Waals surface area contributed by atoms with E-state index in [0.29, 0.717) is 12.6 Å². The van der Waals surface area contributed by atoms with Gasteiger partial charge in [0.15, 0.2) is 0 Å². The molecule has 112 valence electrons. The van der Waals surface area contributed by atoms with Crippen LogP contribution in [0.15, 0.2) is 48.5 Å². The largest absolute Gasteiger partial charge is 0.494 e. The first-order chi connectivity index (χ1) is 10.1. The van der Waals surface area contributed by atoms with Crippen molar-refractivity contribution in [3.05, 3.63) is 65.2 Å². The van der Waals surface area contributed by atoms with Gasteiger partial charge in [-0.3, -0.25) is 0 Å². The second kappa shape index (κ2) is 7.28. The van der Waals surface area contributed by atoms with E-state index in [0.717, 1.165) is 5.75 Å². The van der Waals surface area contributed by atoms with Crippen LogP contribution in [0.4, 0.5) is 0 Å². The van der Waals surface area contributed by atoms with Gasteiger partial charge in [0.05, 0.1) is 6.61 Å². The van der Waals surface area contributed by atoms with E-state index in [2.05, 4.69) is 62.5 Å². The quantitative estimate of drug-likeness (QED) is 0.821. The summed E-state index contributed by atoms with van der Waals surface area (Å²) < 4.78 is 5.72. The van der Waals surface area contributed by atoms with Gasteiger partial charge in [-0.15, -0.1) is 0 Å². The second-order valence-electron chi connectivity index (χ2n) is 5.49. The molecule has 0 aliphatic heterocycles. The first-order valence-corrected chi connectivity index (χ1v) is 7.66. The van der Waals surface area contributed by atoms with Gasteiger partial charge in [-0.05, 0) is 39.3 Å². The Bertz CT molecular complexity index is 562. The fourth-order valence-corrected chi connectivity index (χ4v) is 2.54. The molecule has 2 nitrogen and oxygen atoms in total. The molecule has 0 aliphatic carbocycles. The smallest absolute Gasteiger partial charge is 0.124 e. The highest BCUT2D eigenvalue weighted by molar-refractivity contribution is 5.36. The minimum atomic E-state index is 0.240. The molecule has 0 saturated carbocycles. The van der Waals surface area contributed by atoms with Crippen molar-refractivity contribution in [2.24, 2.45) is 0 Å². The Balaban J connectivity index is 2.10. The molecular weight excluding hydrogens is 258 g/mol. The third-order valence-electron chi connectivity index (χ3n) is 3.76. The summed E-state index contributed by atoms with van der Waals surface area (Å²) in [5.74, 6) is 0.969. The predicted molar refractivity (Wildman–Crippen MR) is 88.8 cm³/mol. The lowest BCUT2D eigenvalue weighted by Gasteiger charge is -2.22. The summed E-state index contributed by atoms with van der Waals surface area (Å²) in [5, 5.41) is 3.65. The van der Waals surface area contributed by atoms with Gasteiger partial charge >= 0.3 is 0 Å². The first-order valence-electron chi connectivity index (χ1n) is 7.66. The molecule has 2 unspecified atom stereocenters. The van der Waals surface area contributed by atoms with Crippen molar-refractivity contribution in [3.8, 4) is 5.75 Å². The maximum atomic E-state index is 5.72. The molecule has 0 fully saturated rings. The number of nitrogens with one attached hydrogen (secondary N) is 1. The van der Waals surface area contributed by atoms with Crippen molar-refractivity contribution in [2.75, 3.05) is 6.61 Å². The lowest BCUT2D eigenvalue weighted by molar-refractivity contribution is 0.331. The van der Waals surface area contributed by atoms with E-state index in [1.54, 1.807) is 0 Å². The zero-order valence-electron chi connectivity index (χ0n) is 13.4. The molecular formula is C19H25NO. The van der Waals surface area contributed by atoms with Gasteiger partial charge in [-0.2, -0.15) is 0 Å². The zero-order valence-corrected chi connectivity index (χ0v) is 13.4. The predicted octanol–water partition coefficient (Wildman–Crippen LogP) is 4.81. The molecule has 0 radical (unpaired) electrons.